The first-order valence-electron chi connectivity index (χ1n) is 5.47. The maximum atomic E-state index is 8.74. The molecule has 0 saturated heterocycles. The molecule has 0 bridgehead atoms. The van der Waals surface area contributed by atoms with Crippen molar-refractivity contribution >= 4 is 28.0 Å². The van der Waals surface area contributed by atoms with Crippen LogP contribution in [0.25, 0.3) is 22.1 Å². The Balaban J connectivity index is 2.09. The van der Waals surface area contributed by atoms with Crippen LogP contribution in [0.15, 0.2) is 12.1 Å². The second kappa shape index (κ2) is 3.74. The van der Waals surface area contributed by atoms with Crippen LogP contribution in [0.2, 0.25) is 0 Å². The van der Waals surface area contributed by atoms with Crippen molar-refractivity contribution in [1.29, 1.82) is 0 Å². The lowest BCUT2D eigenvalue weighted by atomic mass is 10.3. The number of aromatic nitrogens is 4. The van der Waals surface area contributed by atoms with Crippen molar-refractivity contribution in [3.05, 3.63) is 18.0 Å². The summed E-state index contributed by atoms with van der Waals surface area (Å²) in [6.45, 7) is 2.49. The average Bonchev–Trinajstić information content (AvgIpc) is 2.83. The third-order valence-corrected chi connectivity index (χ3v) is 2.61. The Morgan fingerprint density at radius 2 is 1.94 bits per heavy atom. The van der Waals surface area contributed by atoms with Crippen LogP contribution >= 0.6 is 0 Å². The summed E-state index contributed by atoms with van der Waals surface area (Å²) in [6.07, 6.45) is 0. The number of hydrogen-bond donors (Lipinski definition) is 4. The molecule has 3 aromatic rings. The number of nitrogens with one attached hydrogen (secondary N) is 3. The highest BCUT2D eigenvalue weighted by atomic mass is 16.3. The van der Waals surface area contributed by atoms with Crippen molar-refractivity contribution < 1.29 is 5.11 Å². The molecule has 88 valence electrons. The van der Waals surface area contributed by atoms with Gasteiger partial charge in [0.15, 0.2) is 0 Å². The molecular weight excluding hydrogens is 218 g/mol. The number of nitrogens with zero attached hydrogens (tertiary/aromatic N) is 2. The van der Waals surface area contributed by atoms with E-state index in [1.54, 1.807) is 0 Å². The minimum absolute atomic E-state index is 0.0819. The highest BCUT2D eigenvalue weighted by molar-refractivity contribution is 5.92. The van der Waals surface area contributed by atoms with Crippen molar-refractivity contribution in [3.8, 4) is 0 Å². The molecule has 4 N–H and O–H groups in total. The van der Waals surface area contributed by atoms with E-state index >= 15 is 0 Å². The first-order valence-corrected chi connectivity index (χ1v) is 5.47. The molecule has 0 amide bonds. The van der Waals surface area contributed by atoms with Crippen molar-refractivity contribution in [1.82, 2.24) is 19.9 Å². The minimum atomic E-state index is 0.0819. The standard InChI is InChI=1S/C11H13N5O/c1-6-13-7-4-9-10(5-8(7)14-6)16-11(15-9)12-2-3-17/h4-5,17H,2-3H2,1H3,(H,13,14)(H2,12,15,16). The van der Waals surface area contributed by atoms with E-state index in [1.807, 2.05) is 19.1 Å². The number of aryl methyl sites for hydroxylation is 1. The third kappa shape index (κ3) is 1.72. The van der Waals surface area contributed by atoms with Gasteiger partial charge in [-0.05, 0) is 19.1 Å². The quantitative estimate of drug-likeness (QED) is 0.544. The highest BCUT2D eigenvalue weighted by Gasteiger charge is 2.06. The predicted octanol–water partition coefficient (Wildman–Crippen LogP) is 1.15. The van der Waals surface area contributed by atoms with Gasteiger partial charge in [-0.15, -0.1) is 0 Å². The number of rotatable bonds is 3. The van der Waals surface area contributed by atoms with Crippen LogP contribution in [0.4, 0.5) is 5.95 Å². The second-order valence-electron chi connectivity index (χ2n) is 3.94. The zero-order chi connectivity index (χ0) is 11.8. The van der Waals surface area contributed by atoms with Gasteiger partial charge in [0, 0.05) is 6.54 Å². The van der Waals surface area contributed by atoms with E-state index in [1.165, 1.54) is 0 Å². The predicted molar refractivity (Wildman–Crippen MR) is 66.1 cm³/mol. The summed E-state index contributed by atoms with van der Waals surface area (Å²) < 4.78 is 0. The molecular formula is C11H13N5O. The molecule has 0 unspecified atom stereocenters. The maximum absolute atomic E-state index is 8.74. The Labute approximate surface area is 97.1 Å². The molecule has 0 fully saturated rings. The van der Waals surface area contributed by atoms with E-state index in [4.69, 9.17) is 5.11 Å². The number of fused-ring (bicyclic) bond motifs is 2. The van der Waals surface area contributed by atoms with E-state index < -0.39 is 0 Å². The lowest BCUT2D eigenvalue weighted by Gasteiger charge is -1.96. The van der Waals surface area contributed by atoms with Crippen LogP contribution < -0.4 is 5.32 Å². The van der Waals surface area contributed by atoms with Crippen LogP contribution in [0.5, 0.6) is 0 Å². The number of hydrogen-bond acceptors (Lipinski definition) is 4. The van der Waals surface area contributed by atoms with Gasteiger partial charge in [-0.2, -0.15) is 0 Å². The van der Waals surface area contributed by atoms with Crippen LogP contribution in [0.1, 0.15) is 5.82 Å². The molecule has 17 heavy (non-hydrogen) atoms. The number of benzene rings is 1. The topological polar surface area (TPSA) is 89.6 Å². The molecule has 2 heterocycles. The minimum Gasteiger partial charge on any atom is -0.395 e. The summed E-state index contributed by atoms with van der Waals surface area (Å²) in [5.41, 5.74) is 3.72. The van der Waals surface area contributed by atoms with Crippen molar-refractivity contribution in [2.45, 2.75) is 6.92 Å². The number of aliphatic hydroxyl groups is 1. The van der Waals surface area contributed by atoms with Gasteiger partial charge in [0.25, 0.3) is 0 Å². The molecule has 6 nitrogen and oxygen atoms in total. The SMILES string of the molecule is Cc1nc2cc3nc(NCCO)[nH]c3cc2[nH]1. The molecule has 0 radical (unpaired) electrons. The van der Waals surface area contributed by atoms with Crippen LogP contribution in [-0.2, 0) is 0 Å². The van der Waals surface area contributed by atoms with Crippen molar-refractivity contribution in [2.24, 2.45) is 0 Å². The van der Waals surface area contributed by atoms with E-state index in [-0.39, 0.29) is 6.61 Å². The van der Waals surface area contributed by atoms with Gasteiger partial charge in [0.2, 0.25) is 5.95 Å². The van der Waals surface area contributed by atoms with E-state index in [9.17, 15) is 0 Å². The highest BCUT2D eigenvalue weighted by Crippen LogP contribution is 2.20. The summed E-state index contributed by atoms with van der Waals surface area (Å²) in [7, 11) is 0. The summed E-state index contributed by atoms with van der Waals surface area (Å²) >= 11 is 0. The van der Waals surface area contributed by atoms with Gasteiger partial charge in [0.05, 0.1) is 28.7 Å². The summed E-state index contributed by atoms with van der Waals surface area (Å²) in [5, 5.41) is 11.7. The van der Waals surface area contributed by atoms with E-state index in [2.05, 4.69) is 25.3 Å². The molecule has 6 heteroatoms. The Kier molecular flexibility index (Phi) is 2.22. The first kappa shape index (κ1) is 10.1. The Hall–Kier alpha value is -2.08. The third-order valence-electron chi connectivity index (χ3n) is 2.61. The van der Waals surface area contributed by atoms with Crippen molar-refractivity contribution in [2.75, 3.05) is 18.5 Å². The number of anilines is 1. The lowest BCUT2D eigenvalue weighted by molar-refractivity contribution is 0.311. The molecule has 0 aliphatic heterocycles. The normalized spacial score (nSPS) is 11.4. The number of aromatic amines is 2. The van der Waals surface area contributed by atoms with Gasteiger partial charge >= 0.3 is 0 Å². The Bertz CT molecular complexity index is 618. The second-order valence-corrected chi connectivity index (χ2v) is 3.94. The van der Waals surface area contributed by atoms with Crippen molar-refractivity contribution in [3.63, 3.8) is 0 Å². The first-order chi connectivity index (χ1) is 8.26. The molecule has 0 saturated carbocycles. The largest absolute Gasteiger partial charge is 0.395 e. The molecule has 2 aromatic heterocycles. The number of H-pyrrole nitrogens is 2. The summed E-state index contributed by atoms with van der Waals surface area (Å²) in [4.78, 5) is 15.1. The molecule has 0 atom stereocenters. The van der Waals surface area contributed by atoms with Crippen LogP contribution in [-0.4, -0.2) is 38.2 Å². The fraction of sp³-hybridized carbons (Fsp3) is 0.273. The van der Waals surface area contributed by atoms with Gasteiger partial charge in [-0.3, -0.25) is 0 Å². The average molecular weight is 231 g/mol. The van der Waals surface area contributed by atoms with Gasteiger partial charge in [0.1, 0.15) is 5.82 Å². The Morgan fingerprint density at radius 1 is 1.18 bits per heavy atom. The zero-order valence-electron chi connectivity index (χ0n) is 9.41. The summed E-state index contributed by atoms with van der Waals surface area (Å²) in [5.74, 6) is 1.56. The zero-order valence-corrected chi connectivity index (χ0v) is 9.41. The monoisotopic (exact) mass is 231 g/mol. The molecule has 0 aliphatic rings. The fourth-order valence-electron chi connectivity index (χ4n) is 1.90. The van der Waals surface area contributed by atoms with Crippen LogP contribution in [0.3, 0.4) is 0 Å². The molecule has 1 aromatic carbocycles. The molecule has 0 aliphatic carbocycles. The van der Waals surface area contributed by atoms with Gasteiger partial charge in [-0.25, -0.2) is 9.97 Å². The molecule has 0 spiro atoms. The lowest BCUT2D eigenvalue weighted by Crippen LogP contribution is -2.06. The molecule has 3 rings (SSSR count). The Morgan fingerprint density at radius 3 is 2.76 bits per heavy atom. The van der Waals surface area contributed by atoms with Gasteiger partial charge < -0.3 is 20.4 Å². The maximum Gasteiger partial charge on any atom is 0.201 e. The van der Waals surface area contributed by atoms with Crippen LogP contribution in [0, 0.1) is 6.92 Å². The van der Waals surface area contributed by atoms with Gasteiger partial charge in [-0.1, -0.05) is 0 Å². The summed E-state index contributed by atoms with van der Waals surface area (Å²) in [6, 6.07) is 3.93. The number of aliphatic hydroxyl groups excluding tert-OH is 1. The fourth-order valence-corrected chi connectivity index (χ4v) is 1.90. The smallest absolute Gasteiger partial charge is 0.201 e. The number of imidazole rings is 2. The van der Waals surface area contributed by atoms with E-state index in [0.717, 1.165) is 27.9 Å². The van der Waals surface area contributed by atoms with E-state index in [0.29, 0.717) is 12.5 Å².